The van der Waals surface area contributed by atoms with Crippen molar-refractivity contribution < 1.29 is 29.2 Å². The summed E-state index contributed by atoms with van der Waals surface area (Å²) in [5.74, 6) is 5.24. The molecule has 2 aliphatic rings. The Morgan fingerprint density at radius 1 is 0.403 bits per heavy atom. The van der Waals surface area contributed by atoms with Crippen LogP contribution in [-0.2, 0) is 10.8 Å². The topological polar surface area (TPSA) is 77.4 Å². The summed E-state index contributed by atoms with van der Waals surface area (Å²) >= 11 is 0. The van der Waals surface area contributed by atoms with Gasteiger partial charge in [-0.25, -0.2) is 0 Å². The first-order chi connectivity index (χ1) is 33.7. The Morgan fingerprint density at radius 2 is 0.653 bits per heavy atom. The van der Waals surface area contributed by atoms with Crippen molar-refractivity contribution in [2.45, 2.75) is 260 Å². The second-order valence-corrected chi connectivity index (χ2v) is 23.9. The third kappa shape index (κ3) is 24.8. The van der Waals surface area contributed by atoms with Gasteiger partial charge in [0, 0.05) is 14.2 Å². The predicted molar refractivity (Wildman–Crippen MR) is 311 cm³/mol. The van der Waals surface area contributed by atoms with Gasteiger partial charge >= 0.3 is 0 Å². The number of hydrogen-bond acceptors (Lipinski definition) is 6. The Labute approximate surface area is 443 Å². The van der Waals surface area contributed by atoms with Crippen LogP contribution in [0.4, 0.5) is 0 Å². The smallest absolute Gasteiger partial charge is 0.120 e. The van der Waals surface area contributed by atoms with Crippen LogP contribution in [0.15, 0.2) is 97.1 Å². The molecule has 6 nitrogen and oxygen atoms in total. The van der Waals surface area contributed by atoms with Gasteiger partial charge in [-0.15, -0.1) is 0 Å². The first kappa shape index (κ1) is 66.0. The molecule has 0 aromatic heterocycles. The fourth-order valence-electron chi connectivity index (χ4n) is 8.64. The summed E-state index contributed by atoms with van der Waals surface area (Å²) < 4.78 is 24.0. The molecule has 0 heterocycles. The highest BCUT2D eigenvalue weighted by Crippen LogP contribution is 2.36. The Morgan fingerprint density at radius 3 is 0.903 bits per heavy atom. The molecule has 72 heavy (non-hydrogen) atoms. The lowest BCUT2D eigenvalue weighted by atomic mass is 9.82. The zero-order chi connectivity index (χ0) is 54.8. The lowest BCUT2D eigenvalue weighted by Crippen LogP contribution is -2.34. The first-order valence-corrected chi connectivity index (χ1v) is 27.8. The van der Waals surface area contributed by atoms with E-state index >= 15 is 0 Å². The number of hydrogen-bond donors (Lipinski definition) is 2. The van der Waals surface area contributed by atoms with Gasteiger partial charge in [0.05, 0.1) is 0 Å². The van der Waals surface area contributed by atoms with Crippen LogP contribution in [0.1, 0.15) is 249 Å². The van der Waals surface area contributed by atoms with Gasteiger partial charge in [0.1, 0.15) is 45.4 Å². The van der Waals surface area contributed by atoms with Crippen molar-refractivity contribution in [1.29, 1.82) is 0 Å². The van der Waals surface area contributed by atoms with Gasteiger partial charge in [-0.1, -0.05) is 131 Å². The van der Waals surface area contributed by atoms with Crippen LogP contribution in [0.5, 0.6) is 23.0 Å². The van der Waals surface area contributed by atoms with Crippen LogP contribution in [0, 0.1) is 0 Å². The van der Waals surface area contributed by atoms with Gasteiger partial charge in [0.15, 0.2) is 0 Å². The van der Waals surface area contributed by atoms with E-state index in [1.165, 1.54) is 99.3 Å². The van der Waals surface area contributed by atoms with Crippen molar-refractivity contribution in [1.82, 2.24) is 0 Å². The molecule has 6 rings (SSSR count). The maximum absolute atomic E-state index is 7.00. The largest absolute Gasteiger partial charge is 0.488 e. The summed E-state index contributed by atoms with van der Waals surface area (Å²) in [6.45, 7) is 39.5. The molecular weight excluding hydrogens is 889 g/mol. The van der Waals surface area contributed by atoms with Gasteiger partial charge in [-0.2, -0.15) is 0 Å². The first-order valence-electron chi connectivity index (χ1n) is 27.8. The molecule has 4 aromatic carbocycles. The monoisotopic (exact) mass is 997 g/mol. The lowest BCUT2D eigenvalue weighted by molar-refractivity contribution is 0.0484. The minimum atomic E-state index is -0.123. The highest BCUT2D eigenvalue weighted by molar-refractivity contribution is 5.34. The van der Waals surface area contributed by atoms with Crippen LogP contribution in [0.25, 0.3) is 0 Å². The van der Waals surface area contributed by atoms with Gasteiger partial charge < -0.3 is 29.2 Å². The molecule has 2 unspecified atom stereocenters. The Bertz CT molecular complexity index is 1970. The molecular formula is C66H108O6. The van der Waals surface area contributed by atoms with Crippen molar-refractivity contribution in [3.63, 3.8) is 0 Å². The molecule has 0 aliphatic heterocycles. The molecule has 0 spiro atoms. The minimum absolute atomic E-state index is 0.0556. The zero-order valence-corrected chi connectivity index (χ0v) is 49.8. The molecule has 2 N–H and O–H groups in total. The van der Waals surface area contributed by atoms with Crippen molar-refractivity contribution in [3.8, 4) is 23.0 Å². The van der Waals surface area contributed by atoms with Gasteiger partial charge in [-0.05, 0) is 226 Å². The number of aliphatic hydroxyl groups excluding tert-OH is 2. The van der Waals surface area contributed by atoms with E-state index in [4.69, 9.17) is 29.2 Å². The summed E-state index contributed by atoms with van der Waals surface area (Å²) in [7, 11) is 2.00. The van der Waals surface area contributed by atoms with Crippen LogP contribution < -0.4 is 18.9 Å². The molecule has 0 radical (unpaired) electrons. The molecule has 2 aliphatic carbocycles. The minimum Gasteiger partial charge on any atom is -0.488 e. The van der Waals surface area contributed by atoms with E-state index in [9.17, 15) is 0 Å². The molecule has 2 saturated carbocycles. The van der Waals surface area contributed by atoms with Gasteiger partial charge in [0.25, 0.3) is 0 Å². The maximum Gasteiger partial charge on any atom is 0.120 e. The van der Waals surface area contributed by atoms with Crippen molar-refractivity contribution in [2.75, 3.05) is 14.2 Å². The number of rotatable bonds is 14. The summed E-state index contributed by atoms with van der Waals surface area (Å²) in [4.78, 5) is 0. The fraction of sp³-hybridized carbons (Fsp3) is 0.636. The van der Waals surface area contributed by atoms with Crippen molar-refractivity contribution >= 4 is 0 Å². The summed E-state index contributed by atoms with van der Waals surface area (Å²) in [5.41, 5.74) is 5.97. The molecule has 2 atom stereocenters. The molecule has 2 fully saturated rings. The standard InChI is InChI=1S/C18H28O.C17H26O.C15H24O.C14H22O.2CH4O/c1-5-17(2,3)15-9-11-16(12-10-15)19-18(4)13-7-6-8-14-18;1-4-14(2)15-8-10-16(11-9-15)18-17(3)12-6-5-7-13-17;1-7-15(5,6)12-8-10-13(11-9-12)16-14(2,3)4;1-6-11(2)12-7-9-13(10-8-12)15-14(3,4)5;2*1-2/h9-12H,5-8,13-14H2,1-4H3;8-11,14H,4-7,12-13H2,1-3H3;8-11H,7H2,1-6H3;7-11H,6H2,1-5H3;2*2H,1H3. The number of aliphatic hydroxyl groups is 2. The molecule has 0 saturated heterocycles. The number of ether oxygens (including phenoxy) is 4. The van der Waals surface area contributed by atoms with Crippen LogP contribution in [0.3, 0.4) is 0 Å². The maximum atomic E-state index is 7.00. The summed E-state index contributed by atoms with van der Waals surface area (Å²) in [6, 6.07) is 34.4. The predicted octanol–water partition coefficient (Wildman–Crippen LogP) is 18.9. The second-order valence-electron chi connectivity index (χ2n) is 23.9. The van der Waals surface area contributed by atoms with E-state index in [0.717, 1.165) is 50.1 Å². The van der Waals surface area contributed by atoms with E-state index < -0.39 is 0 Å². The number of benzene rings is 4. The highest BCUT2D eigenvalue weighted by atomic mass is 16.5. The van der Waals surface area contributed by atoms with E-state index in [2.05, 4.69) is 222 Å². The summed E-state index contributed by atoms with van der Waals surface area (Å²) in [6.07, 6.45) is 17.4. The SMILES string of the molecule is CCC(C)(C)c1ccc(OC(C)(C)C)cc1.CCC(C)(C)c1ccc(OC2(C)CCCCC2)cc1.CCC(C)c1ccc(OC(C)(C)C)cc1.CCC(C)c1ccc(OC2(C)CCCCC2)cc1.CO.CO. The fourth-order valence-corrected chi connectivity index (χ4v) is 8.64. The summed E-state index contributed by atoms with van der Waals surface area (Å²) in [5, 5.41) is 14.0. The lowest BCUT2D eigenvalue weighted by Gasteiger charge is -2.34. The Kier molecular flexibility index (Phi) is 29.0. The van der Waals surface area contributed by atoms with Crippen molar-refractivity contribution in [2.24, 2.45) is 0 Å². The molecule has 4 aromatic rings. The molecule has 6 heteroatoms. The average Bonchev–Trinajstić information content (AvgIpc) is 3.35. The van der Waals surface area contributed by atoms with E-state index in [-0.39, 0.29) is 33.2 Å². The van der Waals surface area contributed by atoms with E-state index in [1.54, 1.807) is 0 Å². The zero-order valence-electron chi connectivity index (χ0n) is 49.8. The quantitative estimate of drug-likeness (QED) is 0.131. The van der Waals surface area contributed by atoms with Crippen molar-refractivity contribution in [3.05, 3.63) is 119 Å². The third-order valence-electron chi connectivity index (χ3n) is 14.6. The molecule has 408 valence electrons. The van der Waals surface area contributed by atoms with Crippen LogP contribution in [-0.4, -0.2) is 46.8 Å². The van der Waals surface area contributed by atoms with E-state index in [1.807, 2.05) is 0 Å². The molecule has 0 amide bonds. The normalized spacial score (nSPS) is 16.0. The van der Waals surface area contributed by atoms with Crippen LogP contribution in [0.2, 0.25) is 0 Å². The highest BCUT2D eigenvalue weighted by Gasteiger charge is 2.30. The second kappa shape index (κ2) is 31.7. The average molecular weight is 998 g/mol. The van der Waals surface area contributed by atoms with Gasteiger partial charge in [-0.3, -0.25) is 0 Å². The Hall–Kier alpha value is -4.00. The Balaban J connectivity index is 0.000000470. The third-order valence-corrected chi connectivity index (χ3v) is 14.6. The van der Waals surface area contributed by atoms with E-state index in [0.29, 0.717) is 11.8 Å². The van der Waals surface area contributed by atoms with Gasteiger partial charge in [0.2, 0.25) is 0 Å². The molecule has 0 bridgehead atoms. The van der Waals surface area contributed by atoms with Crippen LogP contribution >= 0.6 is 0 Å².